The van der Waals surface area contributed by atoms with E-state index < -0.39 is 28.9 Å². The van der Waals surface area contributed by atoms with E-state index in [1.807, 2.05) is 43.3 Å². The van der Waals surface area contributed by atoms with Crippen molar-refractivity contribution in [3.8, 4) is 0 Å². The average molecular weight is 386 g/mol. The third-order valence-corrected chi connectivity index (χ3v) is 5.00. The Morgan fingerprint density at radius 3 is 2.39 bits per heavy atom. The maximum atomic E-state index is 13.6. The maximum Gasteiger partial charge on any atom is 0.320 e. The number of esters is 2. The SMILES string of the molecule is COC(=O)CC1(C(=O)OC(C)(C)C)CCC(C)=CC(Cc2ccccc2)C1=O. The third-order valence-electron chi connectivity index (χ3n) is 5.00. The lowest BCUT2D eigenvalue weighted by Gasteiger charge is -2.33. The van der Waals surface area contributed by atoms with Crippen molar-refractivity contribution in [2.45, 2.75) is 59.0 Å². The van der Waals surface area contributed by atoms with Gasteiger partial charge in [0.25, 0.3) is 0 Å². The van der Waals surface area contributed by atoms with Crippen LogP contribution >= 0.6 is 0 Å². The summed E-state index contributed by atoms with van der Waals surface area (Å²) in [6.45, 7) is 7.21. The van der Waals surface area contributed by atoms with Crippen molar-refractivity contribution in [1.82, 2.24) is 0 Å². The summed E-state index contributed by atoms with van der Waals surface area (Å²) in [5, 5.41) is 0. The Balaban J connectivity index is 2.45. The predicted octanol–water partition coefficient (Wildman–Crippen LogP) is 4.05. The molecule has 152 valence electrons. The van der Waals surface area contributed by atoms with Crippen LogP contribution in [0.15, 0.2) is 42.0 Å². The molecule has 28 heavy (non-hydrogen) atoms. The molecule has 0 saturated carbocycles. The van der Waals surface area contributed by atoms with Crippen LogP contribution in [0.5, 0.6) is 0 Å². The van der Waals surface area contributed by atoms with Gasteiger partial charge in [-0.2, -0.15) is 0 Å². The van der Waals surface area contributed by atoms with Crippen LogP contribution < -0.4 is 0 Å². The Bertz CT molecular complexity index is 757. The van der Waals surface area contributed by atoms with E-state index in [-0.39, 0.29) is 18.6 Å². The summed E-state index contributed by atoms with van der Waals surface area (Å²) in [5.41, 5.74) is -0.259. The summed E-state index contributed by atoms with van der Waals surface area (Å²) in [6, 6.07) is 9.67. The molecule has 0 amide bonds. The molecule has 0 fully saturated rings. The van der Waals surface area contributed by atoms with Gasteiger partial charge in [0.1, 0.15) is 11.0 Å². The van der Waals surface area contributed by atoms with Gasteiger partial charge in [-0.3, -0.25) is 14.4 Å². The Hall–Kier alpha value is -2.43. The van der Waals surface area contributed by atoms with E-state index >= 15 is 0 Å². The third kappa shape index (κ3) is 5.31. The van der Waals surface area contributed by atoms with Crippen molar-refractivity contribution < 1.29 is 23.9 Å². The van der Waals surface area contributed by atoms with Crippen LogP contribution in [-0.4, -0.2) is 30.4 Å². The highest BCUT2D eigenvalue weighted by molar-refractivity contribution is 6.08. The standard InChI is InChI=1S/C23H30O5/c1-16-11-12-23(15-19(24)27-5,21(26)28-22(2,3)4)20(25)18(13-16)14-17-9-7-6-8-10-17/h6-10,13,18H,11-12,14-15H2,1-5H3. The van der Waals surface area contributed by atoms with Crippen molar-refractivity contribution in [1.29, 1.82) is 0 Å². The minimum atomic E-state index is -1.53. The van der Waals surface area contributed by atoms with Crippen LogP contribution in [0.1, 0.15) is 52.5 Å². The number of hydrogen-bond donors (Lipinski definition) is 0. The van der Waals surface area contributed by atoms with Crippen LogP contribution in [-0.2, 0) is 30.3 Å². The molecule has 1 aliphatic carbocycles. The minimum Gasteiger partial charge on any atom is -0.469 e. The zero-order valence-electron chi connectivity index (χ0n) is 17.4. The molecule has 1 aromatic rings. The molecule has 0 aliphatic heterocycles. The van der Waals surface area contributed by atoms with E-state index in [0.29, 0.717) is 12.8 Å². The first kappa shape index (κ1) is 21.9. The molecular formula is C23H30O5. The molecule has 1 aliphatic rings. The van der Waals surface area contributed by atoms with Gasteiger partial charge < -0.3 is 9.47 Å². The lowest BCUT2D eigenvalue weighted by molar-refractivity contribution is -0.175. The molecule has 5 heteroatoms. The molecular weight excluding hydrogens is 356 g/mol. The molecule has 0 N–H and O–H groups in total. The van der Waals surface area contributed by atoms with Crippen molar-refractivity contribution >= 4 is 17.7 Å². The van der Waals surface area contributed by atoms with Crippen LogP contribution in [0, 0.1) is 11.3 Å². The molecule has 0 aromatic heterocycles. The first-order chi connectivity index (χ1) is 13.1. The van der Waals surface area contributed by atoms with E-state index in [0.717, 1.165) is 11.1 Å². The molecule has 0 spiro atoms. The van der Waals surface area contributed by atoms with E-state index in [2.05, 4.69) is 0 Å². The van der Waals surface area contributed by atoms with Gasteiger partial charge in [0.2, 0.25) is 0 Å². The summed E-state index contributed by atoms with van der Waals surface area (Å²) in [4.78, 5) is 39.0. The zero-order chi connectivity index (χ0) is 20.9. The predicted molar refractivity (Wildman–Crippen MR) is 107 cm³/mol. The highest BCUT2D eigenvalue weighted by Crippen LogP contribution is 2.40. The molecule has 2 rings (SSSR count). The fourth-order valence-corrected chi connectivity index (χ4v) is 3.56. The molecule has 0 bridgehead atoms. The Labute approximate surface area is 167 Å². The summed E-state index contributed by atoms with van der Waals surface area (Å²) in [5.74, 6) is -2.00. The second-order valence-electron chi connectivity index (χ2n) is 8.51. The number of ketones is 1. The first-order valence-corrected chi connectivity index (χ1v) is 9.63. The highest BCUT2D eigenvalue weighted by Gasteiger charge is 2.52. The molecule has 0 radical (unpaired) electrons. The molecule has 0 heterocycles. The monoisotopic (exact) mass is 386 g/mol. The van der Waals surface area contributed by atoms with E-state index in [1.54, 1.807) is 20.8 Å². The van der Waals surface area contributed by atoms with Crippen molar-refractivity contribution in [2.75, 3.05) is 7.11 Å². The number of methoxy groups -OCH3 is 1. The van der Waals surface area contributed by atoms with Crippen LogP contribution in [0.3, 0.4) is 0 Å². The number of carbonyl (C=O) groups excluding carboxylic acids is 3. The largest absolute Gasteiger partial charge is 0.469 e. The average Bonchev–Trinajstić information content (AvgIpc) is 2.73. The molecule has 5 nitrogen and oxygen atoms in total. The smallest absolute Gasteiger partial charge is 0.320 e. The molecule has 2 atom stereocenters. The second kappa shape index (κ2) is 8.72. The number of carbonyl (C=O) groups is 3. The Morgan fingerprint density at radius 1 is 1.18 bits per heavy atom. The van der Waals surface area contributed by atoms with Gasteiger partial charge in [0.05, 0.1) is 13.5 Å². The fourth-order valence-electron chi connectivity index (χ4n) is 3.56. The summed E-state index contributed by atoms with van der Waals surface area (Å²) >= 11 is 0. The first-order valence-electron chi connectivity index (χ1n) is 9.63. The normalized spacial score (nSPS) is 22.8. The number of Topliss-reactive ketones (excluding diaryl/α,β-unsaturated/α-hetero) is 1. The van der Waals surface area contributed by atoms with E-state index in [4.69, 9.17) is 9.47 Å². The van der Waals surface area contributed by atoms with Crippen molar-refractivity contribution in [3.05, 3.63) is 47.5 Å². The van der Waals surface area contributed by atoms with Gasteiger partial charge in [-0.05, 0) is 52.5 Å². The van der Waals surface area contributed by atoms with Gasteiger partial charge in [-0.15, -0.1) is 0 Å². The molecule has 2 unspecified atom stereocenters. The van der Waals surface area contributed by atoms with Gasteiger partial charge >= 0.3 is 11.9 Å². The van der Waals surface area contributed by atoms with Gasteiger partial charge in [0, 0.05) is 5.92 Å². The Morgan fingerprint density at radius 2 is 1.82 bits per heavy atom. The minimum absolute atomic E-state index is 0.240. The number of benzene rings is 1. The molecule has 0 saturated heterocycles. The second-order valence-corrected chi connectivity index (χ2v) is 8.51. The quantitative estimate of drug-likeness (QED) is 0.434. The van der Waals surface area contributed by atoms with Crippen molar-refractivity contribution in [3.63, 3.8) is 0 Å². The van der Waals surface area contributed by atoms with Crippen LogP contribution in [0.4, 0.5) is 0 Å². The van der Waals surface area contributed by atoms with Crippen LogP contribution in [0.2, 0.25) is 0 Å². The maximum absolute atomic E-state index is 13.6. The van der Waals surface area contributed by atoms with Gasteiger partial charge in [-0.1, -0.05) is 42.0 Å². The Kier molecular flexibility index (Phi) is 6.81. The lowest BCUT2D eigenvalue weighted by Crippen LogP contribution is -2.47. The number of rotatable bonds is 5. The van der Waals surface area contributed by atoms with E-state index in [9.17, 15) is 14.4 Å². The van der Waals surface area contributed by atoms with E-state index in [1.165, 1.54) is 7.11 Å². The van der Waals surface area contributed by atoms with Crippen LogP contribution in [0.25, 0.3) is 0 Å². The van der Waals surface area contributed by atoms with Crippen molar-refractivity contribution in [2.24, 2.45) is 11.3 Å². The fraction of sp³-hybridized carbons (Fsp3) is 0.522. The number of ether oxygens (including phenoxy) is 2. The topological polar surface area (TPSA) is 69.7 Å². The highest BCUT2D eigenvalue weighted by atomic mass is 16.6. The van der Waals surface area contributed by atoms with Gasteiger partial charge in [0.15, 0.2) is 5.78 Å². The summed E-state index contributed by atoms with van der Waals surface area (Å²) in [7, 11) is 1.26. The van der Waals surface area contributed by atoms with Gasteiger partial charge in [-0.25, -0.2) is 0 Å². The zero-order valence-corrected chi connectivity index (χ0v) is 17.4. The molecule has 1 aromatic carbocycles. The number of hydrogen-bond acceptors (Lipinski definition) is 5. The summed E-state index contributed by atoms with van der Waals surface area (Å²) in [6.07, 6.45) is 2.89. The summed E-state index contributed by atoms with van der Waals surface area (Å²) < 4.78 is 10.4. The number of allylic oxidation sites excluding steroid dienone is 2. The lowest BCUT2D eigenvalue weighted by atomic mass is 9.72.